The Kier molecular flexibility index (Phi) is 37.1. The van der Waals surface area contributed by atoms with E-state index in [0.29, 0.717) is 6.42 Å². The van der Waals surface area contributed by atoms with Crippen molar-refractivity contribution in [3.63, 3.8) is 0 Å². The molecule has 0 unspecified atom stereocenters. The molecule has 0 aromatic carbocycles. The standard InChI is InChI=1S/C12H26O4S.C4H10O.Mg.Na.3H/c1-2-3-4-5-6-7-8-9-10-11-12-16-17(13,14)15;1-3-5-4-2;;;;;/h2-12H2,1H3,(H,13,14,15);3-4H2,1-2H3;;;;;/q;;+2;+1;3*-1. The Bertz CT molecular complexity index is 314. The normalized spacial score (nSPS) is 10.2. The van der Waals surface area contributed by atoms with Crippen molar-refractivity contribution in [2.75, 3.05) is 19.8 Å². The average molecular weight is 391 g/mol. The summed E-state index contributed by atoms with van der Waals surface area (Å²) in [5.41, 5.74) is 0. The van der Waals surface area contributed by atoms with E-state index in [9.17, 15) is 8.42 Å². The maximum atomic E-state index is 10.2. The summed E-state index contributed by atoms with van der Waals surface area (Å²) in [6.45, 7) is 7.98. The summed E-state index contributed by atoms with van der Waals surface area (Å²) in [7, 11) is -4.23. The van der Waals surface area contributed by atoms with Gasteiger partial charge in [-0.1, -0.05) is 64.7 Å². The van der Waals surface area contributed by atoms with Gasteiger partial charge >= 0.3 is 63.0 Å². The average Bonchev–Trinajstić information content (AvgIpc) is 2.45. The number of hydrogen-bond donors (Lipinski definition) is 1. The molecule has 24 heavy (non-hydrogen) atoms. The van der Waals surface area contributed by atoms with Crippen molar-refractivity contribution in [3.05, 3.63) is 0 Å². The largest absolute Gasteiger partial charge is 2.00 e. The molecule has 0 amide bonds. The first-order valence-corrected chi connectivity index (χ1v) is 10.0. The van der Waals surface area contributed by atoms with Gasteiger partial charge in [-0.3, -0.25) is 4.55 Å². The van der Waals surface area contributed by atoms with Crippen molar-refractivity contribution in [1.29, 1.82) is 0 Å². The fourth-order valence-corrected chi connectivity index (χ4v) is 2.29. The molecule has 0 radical (unpaired) electrons. The molecule has 0 bridgehead atoms. The quantitative estimate of drug-likeness (QED) is 0.278. The monoisotopic (exact) mass is 390 g/mol. The molecule has 0 aromatic heterocycles. The van der Waals surface area contributed by atoms with Crippen LogP contribution in [0.4, 0.5) is 0 Å². The smallest absolute Gasteiger partial charge is 1.00 e. The van der Waals surface area contributed by atoms with E-state index >= 15 is 0 Å². The van der Waals surface area contributed by atoms with Crippen LogP contribution >= 0.6 is 0 Å². The zero-order valence-electron chi connectivity index (χ0n) is 19.4. The molecule has 0 aliphatic rings. The van der Waals surface area contributed by atoms with E-state index in [1.54, 1.807) is 0 Å². The van der Waals surface area contributed by atoms with Gasteiger partial charge < -0.3 is 9.02 Å². The van der Waals surface area contributed by atoms with Gasteiger partial charge in [0.05, 0.1) is 6.61 Å². The van der Waals surface area contributed by atoms with Crippen LogP contribution in [0, 0.1) is 0 Å². The molecule has 1 N–H and O–H groups in total. The van der Waals surface area contributed by atoms with Crippen LogP contribution in [0.3, 0.4) is 0 Å². The predicted molar refractivity (Wildman–Crippen MR) is 101 cm³/mol. The first kappa shape index (κ1) is 33.2. The molecule has 0 saturated heterocycles. The molecule has 0 heterocycles. The van der Waals surface area contributed by atoms with Gasteiger partial charge in [0.1, 0.15) is 0 Å². The van der Waals surface area contributed by atoms with Crippen molar-refractivity contribution in [3.8, 4) is 0 Å². The summed E-state index contributed by atoms with van der Waals surface area (Å²) < 4.78 is 37.8. The molecule has 0 saturated carbocycles. The Hall–Kier alpha value is 1.60. The summed E-state index contributed by atoms with van der Waals surface area (Å²) in [4.78, 5) is 0. The second-order valence-electron chi connectivity index (χ2n) is 5.21. The molecule has 142 valence electrons. The molecule has 0 aliphatic carbocycles. The number of rotatable bonds is 14. The molecule has 0 atom stereocenters. The second-order valence-corrected chi connectivity index (χ2v) is 6.30. The summed E-state index contributed by atoms with van der Waals surface area (Å²) >= 11 is 0. The molecule has 0 spiro atoms. The Labute approximate surface area is 192 Å². The predicted octanol–water partition coefficient (Wildman–Crippen LogP) is 1.73. The van der Waals surface area contributed by atoms with Gasteiger partial charge in [0.2, 0.25) is 0 Å². The van der Waals surface area contributed by atoms with E-state index in [2.05, 4.69) is 11.1 Å². The molecular formula is C16H39MgNaO5S. The minimum atomic E-state index is -4.23. The minimum absolute atomic E-state index is 0. The minimum Gasteiger partial charge on any atom is -1.00 e. The van der Waals surface area contributed by atoms with Crippen LogP contribution in [-0.2, 0) is 19.3 Å². The maximum absolute atomic E-state index is 10.2. The Balaban J connectivity index is -0.0000000713. The van der Waals surface area contributed by atoms with E-state index < -0.39 is 10.4 Å². The van der Waals surface area contributed by atoms with Crippen LogP contribution in [0.15, 0.2) is 0 Å². The third kappa shape index (κ3) is 38.9. The van der Waals surface area contributed by atoms with E-state index in [1.165, 1.54) is 44.9 Å². The van der Waals surface area contributed by atoms with Crippen molar-refractivity contribution in [1.82, 2.24) is 0 Å². The topological polar surface area (TPSA) is 72.8 Å². The SMILES string of the molecule is CCCCCCCCCCCCOS(=O)(=O)O.CCOCC.[H-].[H-].[H-].[Mg+2].[Na+]. The Morgan fingerprint density at radius 1 is 0.792 bits per heavy atom. The van der Waals surface area contributed by atoms with Crippen LogP contribution in [0.2, 0.25) is 0 Å². The molecule has 8 heteroatoms. The molecule has 0 rings (SSSR count). The fourth-order valence-electron chi connectivity index (χ4n) is 1.96. The van der Waals surface area contributed by atoms with Gasteiger partial charge in [-0.05, 0) is 20.3 Å². The summed E-state index contributed by atoms with van der Waals surface area (Å²) in [6.07, 6.45) is 11.9. The van der Waals surface area contributed by atoms with Crippen LogP contribution in [0.25, 0.3) is 0 Å². The van der Waals surface area contributed by atoms with Gasteiger partial charge in [-0.15, -0.1) is 0 Å². The zero-order chi connectivity index (χ0) is 17.1. The number of hydrogen-bond acceptors (Lipinski definition) is 4. The van der Waals surface area contributed by atoms with E-state index in [-0.39, 0.29) is 63.5 Å². The summed E-state index contributed by atoms with van der Waals surface area (Å²) in [6, 6.07) is 0. The van der Waals surface area contributed by atoms with E-state index in [1.807, 2.05) is 13.8 Å². The van der Waals surface area contributed by atoms with Gasteiger partial charge in [0.15, 0.2) is 0 Å². The third-order valence-corrected chi connectivity index (χ3v) is 3.60. The third-order valence-electron chi connectivity index (χ3n) is 3.14. The van der Waals surface area contributed by atoms with Crippen LogP contribution in [0.1, 0.15) is 89.3 Å². The van der Waals surface area contributed by atoms with Crippen molar-refractivity contribution < 1.29 is 55.7 Å². The van der Waals surface area contributed by atoms with Gasteiger partial charge in [-0.25, -0.2) is 4.18 Å². The first-order chi connectivity index (χ1) is 10.5. The number of unbranched alkanes of at least 4 members (excludes halogenated alkanes) is 9. The Morgan fingerprint density at radius 2 is 1.17 bits per heavy atom. The zero-order valence-corrected chi connectivity index (χ0v) is 20.6. The molecule has 0 aliphatic heterocycles. The number of ether oxygens (including phenoxy) is 1. The molecule has 0 fully saturated rings. The summed E-state index contributed by atoms with van der Waals surface area (Å²) in [5.74, 6) is 0. The summed E-state index contributed by atoms with van der Waals surface area (Å²) in [5, 5.41) is 0. The van der Waals surface area contributed by atoms with Crippen LogP contribution in [0.5, 0.6) is 0 Å². The molecular weight excluding hydrogens is 352 g/mol. The van der Waals surface area contributed by atoms with E-state index in [0.717, 1.165) is 26.1 Å². The van der Waals surface area contributed by atoms with Crippen LogP contribution in [-0.4, -0.2) is 55.8 Å². The Morgan fingerprint density at radius 3 is 1.46 bits per heavy atom. The van der Waals surface area contributed by atoms with Crippen molar-refractivity contribution in [2.24, 2.45) is 0 Å². The first-order valence-electron chi connectivity index (χ1n) is 8.67. The second kappa shape index (κ2) is 26.8. The van der Waals surface area contributed by atoms with Gasteiger partial charge in [-0.2, -0.15) is 8.42 Å². The molecule has 0 aromatic rings. The van der Waals surface area contributed by atoms with Crippen molar-refractivity contribution in [2.45, 2.75) is 85.0 Å². The maximum Gasteiger partial charge on any atom is 2.00 e. The van der Waals surface area contributed by atoms with Gasteiger partial charge in [0, 0.05) is 13.2 Å². The van der Waals surface area contributed by atoms with E-state index in [4.69, 9.17) is 9.29 Å². The molecule has 5 nitrogen and oxygen atoms in total. The fraction of sp³-hybridized carbons (Fsp3) is 1.00. The van der Waals surface area contributed by atoms with Gasteiger partial charge in [0.25, 0.3) is 0 Å². The van der Waals surface area contributed by atoms with Crippen molar-refractivity contribution >= 4 is 33.5 Å². The van der Waals surface area contributed by atoms with Crippen LogP contribution < -0.4 is 29.6 Å².